The number of fused-ring (bicyclic) bond motifs is 7. The molecular weight excluding hydrogens is 452 g/mol. The van der Waals surface area contributed by atoms with Crippen molar-refractivity contribution in [2.45, 2.75) is 29.1 Å². The van der Waals surface area contributed by atoms with Crippen molar-refractivity contribution in [3.05, 3.63) is 120 Å². The molecule has 0 radical (unpaired) electrons. The Balaban J connectivity index is 1.32. The summed E-state index contributed by atoms with van der Waals surface area (Å²) < 4.78 is 0. The summed E-state index contributed by atoms with van der Waals surface area (Å²) in [5.74, 6) is 0. The molecule has 170 valence electrons. The summed E-state index contributed by atoms with van der Waals surface area (Å²) in [4.78, 5) is 2.69. The molecule has 0 amide bonds. The van der Waals surface area contributed by atoms with Crippen molar-refractivity contribution in [3.63, 3.8) is 0 Å². The fourth-order valence-corrected chi connectivity index (χ4v) is 7.72. The maximum absolute atomic E-state index is 2.45. The van der Waals surface area contributed by atoms with E-state index >= 15 is 0 Å². The molecule has 0 bridgehead atoms. The molecule has 36 heavy (non-hydrogen) atoms. The molecule has 6 aromatic carbocycles. The van der Waals surface area contributed by atoms with Crippen LogP contribution in [-0.4, -0.2) is 0 Å². The fraction of sp³-hybridized carbons (Fsp3) is 0.0857. The van der Waals surface area contributed by atoms with Gasteiger partial charge in [-0.3, -0.25) is 0 Å². The third-order valence-electron chi connectivity index (χ3n) is 8.21. The Labute approximate surface area is 215 Å². The number of benzene rings is 6. The third-order valence-corrected chi connectivity index (χ3v) is 9.33. The van der Waals surface area contributed by atoms with Gasteiger partial charge in [-0.1, -0.05) is 111 Å². The van der Waals surface area contributed by atoms with Crippen molar-refractivity contribution in [2.75, 3.05) is 0 Å². The van der Waals surface area contributed by atoms with Crippen LogP contribution in [0.3, 0.4) is 0 Å². The summed E-state index contributed by atoms with van der Waals surface area (Å²) in [6.45, 7) is 4.77. The summed E-state index contributed by atoms with van der Waals surface area (Å²) in [5.41, 5.74) is 10.9. The second-order valence-corrected chi connectivity index (χ2v) is 11.7. The predicted octanol–water partition coefficient (Wildman–Crippen LogP) is 10.1. The number of hydrogen-bond acceptors (Lipinski definition) is 1. The van der Waals surface area contributed by atoms with Gasteiger partial charge >= 0.3 is 0 Å². The standard InChI is InChI=1S/C35H24S/c1-35(2)30-19-22(15-16-26(30)29-17-14-21-8-3-4-10-25(21)34(29)35)24-18-23-9-7-12-28-27-11-5-6-13-31(27)36-32(20-24)33(23)28/h3-20H,1-2H3. The smallest absolute Gasteiger partial charge is 0.0213 e. The van der Waals surface area contributed by atoms with Gasteiger partial charge in [0.1, 0.15) is 0 Å². The highest BCUT2D eigenvalue weighted by Crippen LogP contribution is 2.53. The molecule has 8 rings (SSSR count). The monoisotopic (exact) mass is 476 g/mol. The van der Waals surface area contributed by atoms with Crippen LogP contribution in [0.1, 0.15) is 25.0 Å². The topological polar surface area (TPSA) is 0 Å². The van der Waals surface area contributed by atoms with Gasteiger partial charge in [0.05, 0.1) is 0 Å². The van der Waals surface area contributed by atoms with E-state index in [4.69, 9.17) is 0 Å². The molecule has 0 fully saturated rings. The lowest BCUT2D eigenvalue weighted by atomic mass is 9.79. The van der Waals surface area contributed by atoms with Crippen LogP contribution in [0.4, 0.5) is 0 Å². The maximum atomic E-state index is 2.45. The van der Waals surface area contributed by atoms with E-state index in [0.29, 0.717) is 0 Å². The van der Waals surface area contributed by atoms with Crippen LogP contribution < -0.4 is 0 Å². The van der Waals surface area contributed by atoms with E-state index in [1.165, 1.54) is 75.8 Å². The molecule has 6 aromatic rings. The van der Waals surface area contributed by atoms with Crippen LogP contribution in [0.2, 0.25) is 0 Å². The molecular formula is C35H24S. The zero-order valence-electron chi connectivity index (χ0n) is 20.3. The van der Waals surface area contributed by atoms with E-state index in [0.717, 1.165) is 0 Å². The van der Waals surface area contributed by atoms with E-state index in [-0.39, 0.29) is 5.41 Å². The van der Waals surface area contributed by atoms with Crippen LogP contribution >= 0.6 is 11.8 Å². The first-order valence-corrected chi connectivity index (χ1v) is 13.4. The zero-order valence-corrected chi connectivity index (χ0v) is 21.1. The van der Waals surface area contributed by atoms with Crippen LogP contribution in [0.15, 0.2) is 119 Å². The van der Waals surface area contributed by atoms with Crippen molar-refractivity contribution in [2.24, 2.45) is 0 Å². The Bertz CT molecular complexity index is 1890. The van der Waals surface area contributed by atoms with Gasteiger partial charge in [0.15, 0.2) is 0 Å². The Morgan fingerprint density at radius 2 is 1.31 bits per heavy atom. The molecule has 0 nitrogen and oxygen atoms in total. The van der Waals surface area contributed by atoms with Crippen molar-refractivity contribution < 1.29 is 0 Å². The highest BCUT2D eigenvalue weighted by molar-refractivity contribution is 7.99. The molecule has 1 heterocycles. The third kappa shape index (κ3) is 2.67. The fourth-order valence-electron chi connectivity index (χ4n) is 6.54. The summed E-state index contributed by atoms with van der Waals surface area (Å²) in [6, 6.07) is 40.8. The molecule has 1 aliphatic carbocycles. The van der Waals surface area contributed by atoms with Gasteiger partial charge in [-0.25, -0.2) is 0 Å². The minimum absolute atomic E-state index is 0.0481. The van der Waals surface area contributed by atoms with Gasteiger partial charge in [-0.05, 0) is 84.9 Å². The minimum atomic E-state index is -0.0481. The minimum Gasteiger partial charge on any atom is -0.0888 e. The first-order chi connectivity index (χ1) is 17.6. The first-order valence-electron chi connectivity index (χ1n) is 12.6. The van der Waals surface area contributed by atoms with Crippen molar-refractivity contribution in [1.29, 1.82) is 0 Å². The lowest BCUT2D eigenvalue weighted by Gasteiger charge is -2.24. The Hall–Kier alpha value is -3.81. The van der Waals surface area contributed by atoms with Gasteiger partial charge < -0.3 is 0 Å². The van der Waals surface area contributed by atoms with Crippen molar-refractivity contribution in [3.8, 4) is 33.4 Å². The summed E-state index contributed by atoms with van der Waals surface area (Å²) >= 11 is 1.90. The molecule has 1 heteroatoms. The largest absolute Gasteiger partial charge is 0.0888 e. The molecule has 0 saturated carbocycles. The maximum Gasteiger partial charge on any atom is 0.0213 e. The van der Waals surface area contributed by atoms with E-state index in [9.17, 15) is 0 Å². The van der Waals surface area contributed by atoms with Crippen LogP contribution in [0, 0.1) is 0 Å². The van der Waals surface area contributed by atoms with Gasteiger partial charge in [0.2, 0.25) is 0 Å². The molecule has 0 unspecified atom stereocenters. The van der Waals surface area contributed by atoms with Gasteiger partial charge in [0, 0.05) is 20.6 Å². The summed E-state index contributed by atoms with van der Waals surface area (Å²) in [6.07, 6.45) is 0. The lowest BCUT2D eigenvalue weighted by Crippen LogP contribution is -2.15. The average molecular weight is 477 g/mol. The summed E-state index contributed by atoms with van der Waals surface area (Å²) in [7, 11) is 0. The Morgan fingerprint density at radius 3 is 2.25 bits per heavy atom. The second kappa shape index (κ2) is 7.12. The highest BCUT2D eigenvalue weighted by atomic mass is 32.2. The lowest BCUT2D eigenvalue weighted by molar-refractivity contribution is 0.666. The SMILES string of the molecule is CC1(C)c2cc(-c3cc4c5c(cccc5c3)-c3ccccc3S4)ccc2-c2ccc3ccccc3c21. The highest BCUT2D eigenvalue weighted by Gasteiger charge is 2.37. The van der Waals surface area contributed by atoms with E-state index in [1.54, 1.807) is 0 Å². The molecule has 0 aromatic heterocycles. The van der Waals surface area contributed by atoms with E-state index < -0.39 is 0 Å². The van der Waals surface area contributed by atoms with Crippen LogP contribution in [-0.2, 0) is 5.41 Å². The number of rotatable bonds is 1. The first kappa shape index (κ1) is 20.4. The van der Waals surface area contributed by atoms with E-state index in [1.807, 2.05) is 11.8 Å². The summed E-state index contributed by atoms with van der Waals surface area (Å²) in [5, 5.41) is 5.39. The molecule has 0 spiro atoms. The van der Waals surface area contributed by atoms with Gasteiger partial charge in [-0.2, -0.15) is 0 Å². The predicted molar refractivity (Wildman–Crippen MR) is 154 cm³/mol. The molecule has 2 aliphatic rings. The average Bonchev–Trinajstić information content (AvgIpc) is 3.15. The van der Waals surface area contributed by atoms with E-state index in [2.05, 4.69) is 123 Å². The quantitative estimate of drug-likeness (QED) is 0.227. The van der Waals surface area contributed by atoms with Gasteiger partial charge in [0.25, 0.3) is 0 Å². The van der Waals surface area contributed by atoms with Gasteiger partial charge in [-0.15, -0.1) is 0 Å². The van der Waals surface area contributed by atoms with Crippen molar-refractivity contribution in [1.82, 2.24) is 0 Å². The Morgan fingerprint density at radius 1 is 0.528 bits per heavy atom. The van der Waals surface area contributed by atoms with Crippen molar-refractivity contribution >= 4 is 33.3 Å². The van der Waals surface area contributed by atoms with Crippen LogP contribution in [0.5, 0.6) is 0 Å². The normalized spacial score (nSPS) is 14.5. The zero-order chi connectivity index (χ0) is 24.0. The second-order valence-electron chi connectivity index (χ2n) is 10.6. The number of hydrogen-bond donors (Lipinski definition) is 0. The Kier molecular flexibility index (Phi) is 4.03. The molecule has 0 N–H and O–H groups in total. The molecule has 1 aliphatic heterocycles. The van der Waals surface area contributed by atoms with Crippen LogP contribution in [0.25, 0.3) is 54.9 Å². The molecule has 0 atom stereocenters. The molecule has 0 saturated heterocycles.